The molecular formula is C8H9N3O2S2. The van der Waals surface area contributed by atoms with Crippen LogP contribution in [-0.2, 0) is 11.3 Å². The van der Waals surface area contributed by atoms with Crippen molar-refractivity contribution in [2.24, 2.45) is 0 Å². The number of nitrogens with one attached hydrogen (secondary N) is 1. The topological polar surface area (TPSA) is 63.9 Å². The summed E-state index contributed by atoms with van der Waals surface area (Å²) in [4.78, 5) is 5.48. The lowest BCUT2D eigenvalue weighted by molar-refractivity contribution is 0.184. The first kappa shape index (κ1) is 10.5. The second-order valence-electron chi connectivity index (χ2n) is 2.87. The van der Waals surface area contributed by atoms with Gasteiger partial charge in [-0.3, -0.25) is 0 Å². The van der Waals surface area contributed by atoms with Crippen LogP contribution in [0.3, 0.4) is 0 Å². The molecule has 0 aromatic carbocycles. The van der Waals surface area contributed by atoms with E-state index in [0.29, 0.717) is 12.5 Å². The lowest BCUT2D eigenvalue weighted by Crippen LogP contribution is -1.84. The Labute approximate surface area is 95.1 Å². The van der Waals surface area contributed by atoms with Crippen LogP contribution in [-0.4, -0.2) is 22.3 Å². The third-order valence-corrected chi connectivity index (χ3v) is 3.03. The van der Waals surface area contributed by atoms with E-state index in [4.69, 9.17) is 21.4 Å². The first-order chi connectivity index (χ1) is 7.20. The van der Waals surface area contributed by atoms with Crippen LogP contribution in [0.4, 0.5) is 0 Å². The van der Waals surface area contributed by atoms with E-state index in [1.807, 2.05) is 6.92 Å². The van der Waals surface area contributed by atoms with Crippen LogP contribution >= 0.6 is 23.6 Å². The van der Waals surface area contributed by atoms with Crippen molar-refractivity contribution < 1.29 is 9.15 Å². The molecule has 2 rings (SSSR count). The standard InChI is InChI=1S/C8H9N3O2S2/c1-4-6(7-10-11-8(14)13-7)15-5(9-4)3-12-2/h3H2,1-2H3,(H,11,14). The average molecular weight is 243 g/mol. The molecule has 2 heterocycles. The number of nitrogens with zero attached hydrogens (tertiary/aromatic N) is 2. The molecule has 2 aromatic heterocycles. The van der Waals surface area contributed by atoms with E-state index in [1.54, 1.807) is 7.11 Å². The number of hydrogen-bond acceptors (Lipinski definition) is 6. The Balaban J connectivity index is 2.40. The van der Waals surface area contributed by atoms with Gasteiger partial charge in [0.1, 0.15) is 9.88 Å². The Morgan fingerprint density at radius 2 is 2.40 bits per heavy atom. The molecule has 0 radical (unpaired) electrons. The molecule has 0 aliphatic rings. The van der Waals surface area contributed by atoms with Crippen LogP contribution in [0.25, 0.3) is 10.8 Å². The number of aromatic amines is 1. The zero-order chi connectivity index (χ0) is 10.8. The molecule has 0 atom stereocenters. The molecule has 0 amide bonds. The monoisotopic (exact) mass is 243 g/mol. The van der Waals surface area contributed by atoms with E-state index in [-0.39, 0.29) is 4.84 Å². The first-order valence-corrected chi connectivity index (χ1v) is 5.44. The predicted octanol–water partition coefficient (Wildman–Crippen LogP) is 2.31. The van der Waals surface area contributed by atoms with Gasteiger partial charge in [-0.15, -0.1) is 16.4 Å². The van der Waals surface area contributed by atoms with Crippen LogP contribution in [0.5, 0.6) is 0 Å². The van der Waals surface area contributed by atoms with E-state index in [9.17, 15) is 0 Å². The van der Waals surface area contributed by atoms with Gasteiger partial charge in [0.2, 0.25) is 0 Å². The molecule has 0 spiro atoms. The van der Waals surface area contributed by atoms with E-state index < -0.39 is 0 Å². The highest BCUT2D eigenvalue weighted by Gasteiger charge is 2.13. The maximum atomic E-state index is 5.22. The quantitative estimate of drug-likeness (QED) is 0.838. The fourth-order valence-electron chi connectivity index (χ4n) is 1.16. The minimum atomic E-state index is 0.270. The van der Waals surface area contributed by atoms with Gasteiger partial charge in [-0.05, 0) is 19.1 Å². The number of thiazole rings is 1. The number of aromatic nitrogens is 3. The third kappa shape index (κ3) is 2.14. The minimum absolute atomic E-state index is 0.270. The van der Waals surface area contributed by atoms with Crippen molar-refractivity contribution in [2.45, 2.75) is 13.5 Å². The second kappa shape index (κ2) is 4.21. The minimum Gasteiger partial charge on any atom is -0.408 e. The molecule has 80 valence electrons. The lowest BCUT2D eigenvalue weighted by Gasteiger charge is -1.88. The van der Waals surface area contributed by atoms with Crippen molar-refractivity contribution in [3.63, 3.8) is 0 Å². The van der Waals surface area contributed by atoms with Crippen molar-refractivity contribution in [3.8, 4) is 10.8 Å². The van der Waals surface area contributed by atoms with Gasteiger partial charge in [-0.1, -0.05) is 0 Å². The molecule has 0 fully saturated rings. The molecule has 0 unspecified atom stereocenters. The molecule has 0 saturated heterocycles. The van der Waals surface area contributed by atoms with Crippen molar-refractivity contribution in [1.29, 1.82) is 0 Å². The summed E-state index contributed by atoms with van der Waals surface area (Å²) in [6.07, 6.45) is 0. The van der Waals surface area contributed by atoms with E-state index in [0.717, 1.165) is 15.6 Å². The maximum absolute atomic E-state index is 5.22. The molecule has 5 nitrogen and oxygen atoms in total. The predicted molar refractivity (Wildman–Crippen MR) is 58.2 cm³/mol. The van der Waals surface area contributed by atoms with Crippen molar-refractivity contribution in [1.82, 2.24) is 15.2 Å². The summed E-state index contributed by atoms with van der Waals surface area (Å²) in [6.45, 7) is 2.40. The van der Waals surface area contributed by atoms with Gasteiger partial charge >= 0.3 is 0 Å². The number of H-pyrrole nitrogens is 1. The van der Waals surface area contributed by atoms with Gasteiger partial charge in [0.05, 0.1) is 12.3 Å². The summed E-state index contributed by atoms with van der Waals surface area (Å²) in [5.74, 6) is 0.484. The van der Waals surface area contributed by atoms with Crippen molar-refractivity contribution >= 4 is 23.6 Å². The highest BCUT2D eigenvalue weighted by molar-refractivity contribution is 7.71. The average Bonchev–Trinajstić information content (AvgIpc) is 2.73. The summed E-state index contributed by atoms with van der Waals surface area (Å²) in [5, 5.41) is 7.43. The van der Waals surface area contributed by atoms with Gasteiger partial charge in [-0.2, -0.15) is 0 Å². The van der Waals surface area contributed by atoms with Crippen LogP contribution in [0.15, 0.2) is 4.42 Å². The third-order valence-electron chi connectivity index (χ3n) is 1.74. The van der Waals surface area contributed by atoms with Gasteiger partial charge in [0.15, 0.2) is 0 Å². The van der Waals surface area contributed by atoms with E-state index >= 15 is 0 Å². The molecule has 0 aliphatic carbocycles. The Morgan fingerprint density at radius 3 is 3.00 bits per heavy atom. The molecule has 0 bridgehead atoms. The van der Waals surface area contributed by atoms with Gasteiger partial charge in [0.25, 0.3) is 10.7 Å². The summed E-state index contributed by atoms with van der Waals surface area (Å²) >= 11 is 6.30. The summed E-state index contributed by atoms with van der Waals surface area (Å²) in [7, 11) is 1.64. The zero-order valence-corrected chi connectivity index (χ0v) is 9.87. The van der Waals surface area contributed by atoms with Crippen molar-refractivity contribution in [3.05, 3.63) is 15.5 Å². The first-order valence-electron chi connectivity index (χ1n) is 4.22. The van der Waals surface area contributed by atoms with Gasteiger partial charge in [-0.25, -0.2) is 10.1 Å². The summed E-state index contributed by atoms with van der Waals surface area (Å²) in [6, 6.07) is 0. The molecule has 0 aliphatic heterocycles. The number of ether oxygens (including phenoxy) is 1. The summed E-state index contributed by atoms with van der Waals surface area (Å²) in [5.41, 5.74) is 0.872. The second-order valence-corrected chi connectivity index (χ2v) is 4.33. The van der Waals surface area contributed by atoms with Crippen LogP contribution in [0.2, 0.25) is 0 Å². The molecule has 2 aromatic rings. The molecule has 7 heteroatoms. The highest BCUT2D eigenvalue weighted by atomic mass is 32.1. The Bertz CT molecular complexity index is 514. The smallest absolute Gasteiger partial charge is 0.284 e. The SMILES string of the molecule is COCc1nc(C)c(-c2n[nH]c(=S)o2)s1. The highest BCUT2D eigenvalue weighted by Crippen LogP contribution is 2.28. The maximum Gasteiger partial charge on any atom is 0.284 e. The number of hydrogen-bond donors (Lipinski definition) is 1. The van der Waals surface area contributed by atoms with Gasteiger partial charge < -0.3 is 9.15 Å². The summed E-state index contributed by atoms with van der Waals surface area (Å²) < 4.78 is 10.2. The Hall–Kier alpha value is -1.05. The normalized spacial score (nSPS) is 10.8. The number of methoxy groups -OCH3 is 1. The van der Waals surface area contributed by atoms with Crippen LogP contribution < -0.4 is 0 Å². The van der Waals surface area contributed by atoms with Gasteiger partial charge in [0, 0.05) is 7.11 Å². The number of aryl methyl sites for hydroxylation is 1. The zero-order valence-electron chi connectivity index (χ0n) is 8.23. The van der Waals surface area contributed by atoms with Crippen LogP contribution in [0, 0.1) is 11.8 Å². The fourth-order valence-corrected chi connectivity index (χ4v) is 2.25. The molecule has 15 heavy (non-hydrogen) atoms. The van der Waals surface area contributed by atoms with E-state index in [1.165, 1.54) is 11.3 Å². The van der Waals surface area contributed by atoms with Crippen LogP contribution in [0.1, 0.15) is 10.7 Å². The lowest BCUT2D eigenvalue weighted by atomic mass is 10.4. The van der Waals surface area contributed by atoms with E-state index in [2.05, 4.69) is 15.2 Å². The molecule has 0 saturated carbocycles. The fraction of sp³-hybridized carbons (Fsp3) is 0.375. The number of rotatable bonds is 3. The van der Waals surface area contributed by atoms with Crippen molar-refractivity contribution in [2.75, 3.05) is 7.11 Å². The Morgan fingerprint density at radius 1 is 1.60 bits per heavy atom. The molecular weight excluding hydrogens is 234 g/mol. The molecule has 1 N–H and O–H groups in total. The Kier molecular flexibility index (Phi) is 2.94. The largest absolute Gasteiger partial charge is 0.408 e.